The minimum atomic E-state index is -0.467. The van der Waals surface area contributed by atoms with Crippen molar-refractivity contribution < 1.29 is 14.3 Å². The molecule has 0 bridgehead atoms. The second kappa shape index (κ2) is 8.84. The maximum Gasteiger partial charge on any atom is 0.348 e. The van der Waals surface area contributed by atoms with Gasteiger partial charge < -0.3 is 10.1 Å². The molecule has 1 saturated carbocycles. The van der Waals surface area contributed by atoms with Gasteiger partial charge in [0.25, 0.3) is 5.91 Å². The molecule has 1 aliphatic rings. The summed E-state index contributed by atoms with van der Waals surface area (Å²) in [4.78, 5) is 30.2. The van der Waals surface area contributed by atoms with Gasteiger partial charge in [-0.15, -0.1) is 22.7 Å². The molecule has 1 aliphatic carbocycles. The third kappa shape index (κ3) is 4.59. The largest absolute Gasteiger partial charge is 0.451 e. The number of benzene rings is 1. The first-order valence-electron chi connectivity index (χ1n) is 9.58. The maximum atomic E-state index is 12.3. The van der Waals surface area contributed by atoms with Gasteiger partial charge in [0, 0.05) is 6.54 Å². The second-order valence-corrected chi connectivity index (χ2v) is 9.15. The lowest BCUT2D eigenvalue weighted by molar-refractivity contribution is -0.124. The molecule has 0 saturated heterocycles. The SMILES string of the molecule is O=C(COC(=O)c1ccc(-c2nc3ccccc3s2)s1)NCC1CCCCC1. The Bertz CT molecular complexity index is 940. The highest BCUT2D eigenvalue weighted by Crippen LogP contribution is 2.34. The zero-order chi connectivity index (χ0) is 19.3. The zero-order valence-electron chi connectivity index (χ0n) is 15.5. The minimum Gasteiger partial charge on any atom is -0.451 e. The number of aromatic nitrogens is 1. The number of hydrogen-bond donors (Lipinski definition) is 1. The van der Waals surface area contributed by atoms with Crippen LogP contribution in [0.4, 0.5) is 0 Å². The molecule has 2 heterocycles. The van der Waals surface area contributed by atoms with Crippen LogP contribution < -0.4 is 5.32 Å². The van der Waals surface area contributed by atoms with Crippen molar-refractivity contribution >= 4 is 44.8 Å². The summed E-state index contributed by atoms with van der Waals surface area (Å²) in [6, 6.07) is 11.6. The summed E-state index contributed by atoms with van der Waals surface area (Å²) in [7, 11) is 0. The van der Waals surface area contributed by atoms with E-state index in [0.29, 0.717) is 17.3 Å². The molecule has 0 radical (unpaired) electrons. The van der Waals surface area contributed by atoms with Crippen molar-refractivity contribution in [3.05, 3.63) is 41.3 Å². The Labute approximate surface area is 171 Å². The van der Waals surface area contributed by atoms with Gasteiger partial charge >= 0.3 is 5.97 Å². The summed E-state index contributed by atoms with van der Waals surface area (Å²) in [5, 5.41) is 3.77. The first kappa shape index (κ1) is 19.1. The molecule has 0 atom stereocenters. The molecule has 146 valence electrons. The Balaban J connectivity index is 1.29. The highest BCUT2D eigenvalue weighted by molar-refractivity contribution is 7.26. The van der Waals surface area contributed by atoms with Crippen molar-refractivity contribution in [1.82, 2.24) is 10.3 Å². The van der Waals surface area contributed by atoms with E-state index in [4.69, 9.17) is 4.74 Å². The van der Waals surface area contributed by atoms with E-state index in [-0.39, 0.29) is 12.5 Å². The summed E-state index contributed by atoms with van der Waals surface area (Å²) in [6.07, 6.45) is 6.12. The number of para-hydroxylation sites is 1. The number of nitrogens with zero attached hydrogens (tertiary/aromatic N) is 1. The quantitative estimate of drug-likeness (QED) is 0.584. The van der Waals surface area contributed by atoms with E-state index in [2.05, 4.69) is 10.3 Å². The third-order valence-electron chi connectivity index (χ3n) is 4.96. The van der Waals surface area contributed by atoms with E-state index in [1.807, 2.05) is 30.3 Å². The second-order valence-electron chi connectivity index (χ2n) is 7.03. The summed E-state index contributed by atoms with van der Waals surface area (Å²) < 4.78 is 6.30. The molecule has 5 nitrogen and oxygen atoms in total. The lowest BCUT2D eigenvalue weighted by Crippen LogP contribution is -2.33. The topological polar surface area (TPSA) is 68.3 Å². The van der Waals surface area contributed by atoms with E-state index in [0.717, 1.165) is 20.1 Å². The molecule has 1 N–H and O–H groups in total. The zero-order valence-corrected chi connectivity index (χ0v) is 17.1. The van der Waals surface area contributed by atoms with Crippen LogP contribution in [-0.4, -0.2) is 30.0 Å². The fourth-order valence-corrected chi connectivity index (χ4v) is 5.36. The summed E-state index contributed by atoms with van der Waals surface area (Å²) in [5.74, 6) is -0.144. The number of hydrogen-bond acceptors (Lipinski definition) is 6. The average molecular weight is 415 g/mol. The molecule has 0 aliphatic heterocycles. The number of ether oxygens (including phenoxy) is 1. The minimum absolute atomic E-state index is 0.234. The molecule has 2 aromatic heterocycles. The van der Waals surface area contributed by atoms with Crippen LogP contribution in [0.25, 0.3) is 20.1 Å². The van der Waals surface area contributed by atoms with E-state index >= 15 is 0 Å². The number of esters is 1. The maximum absolute atomic E-state index is 12.3. The highest BCUT2D eigenvalue weighted by Gasteiger charge is 2.17. The molecule has 3 aromatic rings. The normalized spacial score (nSPS) is 14.9. The van der Waals surface area contributed by atoms with E-state index < -0.39 is 5.97 Å². The first-order chi connectivity index (χ1) is 13.7. The van der Waals surface area contributed by atoms with Crippen molar-refractivity contribution in [2.75, 3.05) is 13.2 Å². The van der Waals surface area contributed by atoms with E-state index in [1.165, 1.54) is 43.4 Å². The van der Waals surface area contributed by atoms with Crippen molar-refractivity contribution in [3.8, 4) is 9.88 Å². The Hall–Kier alpha value is -2.25. The van der Waals surface area contributed by atoms with Crippen LogP contribution in [0.15, 0.2) is 36.4 Å². The van der Waals surface area contributed by atoms with Crippen LogP contribution in [0, 0.1) is 5.92 Å². The van der Waals surface area contributed by atoms with Gasteiger partial charge in [-0.05, 0) is 43.0 Å². The van der Waals surface area contributed by atoms with Crippen LogP contribution in [0.2, 0.25) is 0 Å². The molecule has 28 heavy (non-hydrogen) atoms. The van der Waals surface area contributed by atoms with E-state index in [9.17, 15) is 9.59 Å². The third-order valence-corrected chi connectivity index (χ3v) is 7.23. The number of amides is 1. The van der Waals surface area contributed by atoms with Gasteiger partial charge in [-0.25, -0.2) is 9.78 Å². The Morgan fingerprint density at radius 3 is 2.71 bits per heavy atom. The summed E-state index contributed by atoms with van der Waals surface area (Å²) in [5.41, 5.74) is 0.953. The Morgan fingerprint density at radius 2 is 1.89 bits per heavy atom. The predicted octanol–water partition coefficient (Wildman–Crippen LogP) is 4.88. The fraction of sp³-hybridized carbons (Fsp3) is 0.381. The van der Waals surface area contributed by atoms with Crippen molar-refractivity contribution in [1.29, 1.82) is 0 Å². The van der Waals surface area contributed by atoms with Gasteiger partial charge in [-0.3, -0.25) is 4.79 Å². The Morgan fingerprint density at radius 1 is 1.07 bits per heavy atom. The molecule has 4 rings (SSSR count). The van der Waals surface area contributed by atoms with Crippen molar-refractivity contribution in [2.24, 2.45) is 5.92 Å². The molecule has 0 unspecified atom stereocenters. The van der Waals surface area contributed by atoms with Crippen molar-refractivity contribution in [3.63, 3.8) is 0 Å². The molecular weight excluding hydrogens is 392 g/mol. The van der Waals surface area contributed by atoms with Crippen LogP contribution in [-0.2, 0) is 9.53 Å². The monoisotopic (exact) mass is 414 g/mol. The lowest BCUT2D eigenvalue weighted by atomic mass is 9.89. The first-order valence-corrected chi connectivity index (χ1v) is 11.2. The van der Waals surface area contributed by atoms with Gasteiger partial charge in [-0.1, -0.05) is 31.4 Å². The van der Waals surface area contributed by atoms with Gasteiger partial charge in [0.2, 0.25) is 0 Å². The number of carbonyl (C=O) groups is 2. The van der Waals surface area contributed by atoms with Crippen LogP contribution in [0.3, 0.4) is 0 Å². The van der Waals surface area contributed by atoms with Crippen LogP contribution in [0.5, 0.6) is 0 Å². The van der Waals surface area contributed by atoms with Gasteiger partial charge in [-0.2, -0.15) is 0 Å². The number of thiophene rings is 1. The molecule has 1 aromatic carbocycles. The number of fused-ring (bicyclic) bond motifs is 1. The number of rotatable bonds is 6. The molecular formula is C21H22N2O3S2. The number of nitrogens with one attached hydrogen (secondary N) is 1. The smallest absolute Gasteiger partial charge is 0.348 e. The fourth-order valence-electron chi connectivity index (χ4n) is 3.44. The van der Waals surface area contributed by atoms with Gasteiger partial charge in [0.05, 0.1) is 15.1 Å². The lowest BCUT2D eigenvalue weighted by Gasteiger charge is -2.21. The van der Waals surface area contributed by atoms with Crippen LogP contribution in [0.1, 0.15) is 41.8 Å². The Kier molecular flexibility index (Phi) is 6.02. The number of thiazole rings is 1. The average Bonchev–Trinajstić information content (AvgIpc) is 3.38. The van der Waals surface area contributed by atoms with Gasteiger partial charge in [0.1, 0.15) is 9.88 Å². The standard InChI is InChI=1S/C21H22N2O3S2/c24-19(22-12-14-6-2-1-3-7-14)13-26-21(25)18-11-10-17(27-18)20-23-15-8-4-5-9-16(15)28-20/h4-5,8-11,14H,1-3,6-7,12-13H2,(H,22,24). The van der Waals surface area contributed by atoms with Crippen molar-refractivity contribution in [2.45, 2.75) is 32.1 Å². The molecule has 1 fully saturated rings. The molecule has 1 amide bonds. The van der Waals surface area contributed by atoms with Gasteiger partial charge in [0.15, 0.2) is 6.61 Å². The van der Waals surface area contributed by atoms with Crippen LogP contribution >= 0.6 is 22.7 Å². The summed E-state index contributed by atoms with van der Waals surface area (Å²) >= 11 is 2.94. The highest BCUT2D eigenvalue weighted by atomic mass is 32.1. The van der Waals surface area contributed by atoms with E-state index in [1.54, 1.807) is 17.4 Å². The number of carbonyl (C=O) groups excluding carboxylic acids is 2. The molecule has 7 heteroatoms. The summed E-state index contributed by atoms with van der Waals surface area (Å²) in [6.45, 7) is 0.442. The molecule has 0 spiro atoms. The predicted molar refractivity (Wildman–Crippen MR) is 113 cm³/mol.